The number of hydrogen-bond acceptors (Lipinski definition) is 4. The van der Waals surface area contributed by atoms with Crippen LogP contribution in [0.15, 0.2) is 0 Å². The Morgan fingerprint density at radius 1 is 1.62 bits per heavy atom. The van der Waals surface area contributed by atoms with Crippen LogP contribution in [0.25, 0.3) is 0 Å². The van der Waals surface area contributed by atoms with Crippen molar-refractivity contribution >= 4 is 17.7 Å². The topological polar surface area (TPSA) is 55.8 Å². The molecule has 0 radical (unpaired) electrons. The van der Waals surface area contributed by atoms with E-state index in [0.717, 1.165) is 25.9 Å². The first-order valence-corrected chi connectivity index (χ1v) is 6.86. The number of hydrogen-bond donors (Lipinski definition) is 1. The molecule has 1 saturated heterocycles. The lowest BCUT2D eigenvalue weighted by Crippen LogP contribution is -2.24. The van der Waals surface area contributed by atoms with Gasteiger partial charge in [-0.15, -0.1) is 11.8 Å². The molecule has 5 heteroatoms. The molecule has 0 saturated carbocycles. The van der Waals surface area contributed by atoms with Crippen LogP contribution in [0.3, 0.4) is 0 Å². The lowest BCUT2D eigenvalue weighted by atomic mass is 10.2. The first-order chi connectivity index (χ1) is 7.74. The molecule has 2 unspecified atom stereocenters. The van der Waals surface area contributed by atoms with Crippen LogP contribution in [0.2, 0.25) is 0 Å². The van der Waals surface area contributed by atoms with Crippen LogP contribution >= 0.6 is 11.8 Å². The van der Waals surface area contributed by atoms with Crippen molar-refractivity contribution in [3.05, 3.63) is 0 Å². The maximum Gasteiger partial charge on any atom is 0.316 e. The number of ether oxygens (including phenoxy) is 2. The molecule has 16 heavy (non-hydrogen) atoms. The molecule has 0 aromatic rings. The first-order valence-electron chi connectivity index (χ1n) is 5.81. The molecule has 0 aromatic carbocycles. The highest BCUT2D eigenvalue weighted by Crippen LogP contribution is 2.17. The van der Waals surface area contributed by atoms with Crippen LogP contribution in [-0.2, 0) is 14.3 Å². The number of thioether (sulfide) groups is 1. The van der Waals surface area contributed by atoms with E-state index in [0.29, 0.717) is 18.8 Å². The van der Waals surface area contributed by atoms with Crippen molar-refractivity contribution in [3.63, 3.8) is 0 Å². The van der Waals surface area contributed by atoms with Crippen molar-refractivity contribution in [2.24, 2.45) is 0 Å². The van der Waals surface area contributed by atoms with E-state index in [1.54, 1.807) is 0 Å². The Balaban J connectivity index is 2.03. The first kappa shape index (κ1) is 13.8. The summed E-state index contributed by atoms with van der Waals surface area (Å²) in [5, 5.41) is 8.53. The van der Waals surface area contributed by atoms with Gasteiger partial charge in [0.15, 0.2) is 6.29 Å². The van der Waals surface area contributed by atoms with Crippen LogP contribution < -0.4 is 0 Å². The van der Waals surface area contributed by atoms with E-state index < -0.39 is 5.97 Å². The Hall–Kier alpha value is -0.260. The van der Waals surface area contributed by atoms with Gasteiger partial charge in [-0.1, -0.05) is 6.92 Å². The van der Waals surface area contributed by atoms with Crippen molar-refractivity contribution in [3.8, 4) is 0 Å². The normalized spacial score (nSPS) is 22.9. The molecule has 0 spiro atoms. The smallest absolute Gasteiger partial charge is 0.316 e. The lowest BCUT2D eigenvalue weighted by molar-refractivity contribution is -0.158. The minimum Gasteiger partial charge on any atom is -0.480 e. The van der Waals surface area contributed by atoms with Gasteiger partial charge in [0.2, 0.25) is 0 Å². The fourth-order valence-corrected chi connectivity index (χ4v) is 2.43. The van der Waals surface area contributed by atoms with Gasteiger partial charge in [-0.25, -0.2) is 0 Å². The number of aliphatic carboxylic acids is 1. The van der Waals surface area contributed by atoms with Crippen molar-refractivity contribution in [2.75, 3.05) is 19.0 Å². The van der Waals surface area contributed by atoms with Gasteiger partial charge in [-0.05, 0) is 25.7 Å². The van der Waals surface area contributed by atoms with Crippen molar-refractivity contribution in [1.29, 1.82) is 0 Å². The van der Waals surface area contributed by atoms with E-state index >= 15 is 0 Å². The summed E-state index contributed by atoms with van der Waals surface area (Å²) in [5.74, 6) is -0.0218. The number of carboxylic acid groups (broad SMARTS) is 1. The number of carboxylic acids is 1. The summed E-state index contributed by atoms with van der Waals surface area (Å²) < 4.78 is 10.9. The fourth-order valence-electron chi connectivity index (χ4n) is 1.58. The van der Waals surface area contributed by atoms with E-state index in [9.17, 15) is 4.79 Å². The Bertz CT molecular complexity index is 204. The van der Waals surface area contributed by atoms with Crippen molar-refractivity contribution in [1.82, 2.24) is 0 Å². The summed E-state index contributed by atoms with van der Waals surface area (Å²) in [4.78, 5) is 10.7. The lowest BCUT2D eigenvalue weighted by Gasteiger charge is -2.22. The molecule has 0 aromatic heterocycles. The van der Waals surface area contributed by atoms with Gasteiger partial charge in [0.05, 0.1) is 6.61 Å². The van der Waals surface area contributed by atoms with Crippen LogP contribution in [0.4, 0.5) is 0 Å². The third kappa shape index (κ3) is 5.18. The van der Waals surface area contributed by atoms with Crippen LogP contribution in [0.5, 0.6) is 0 Å². The molecule has 0 amide bonds. The summed E-state index contributed by atoms with van der Waals surface area (Å²) in [5.41, 5.74) is 0. The minimum absolute atomic E-state index is 0.0701. The summed E-state index contributed by atoms with van der Waals surface area (Å²) in [6.07, 6.45) is 3.82. The summed E-state index contributed by atoms with van der Waals surface area (Å²) in [7, 11) is 0. The second kappa shape index (κ2) is 7.92. The van der Waals surface area contributed by atoms with E-state index in [2.05, 4.69) is 0 Å². The standard InChI is InChI=1S/C11H20O4S/c1-2-9(11(12)13)16-8-7-15-10-5-3-4-6-14-10/h9-10H,2-8H2,1H3,(H,12,13). The molecule has 1 aliphatic heterocycles. The molecule has 2 atom stereocenters. The highest BCUT2D eigenvalue weighted by molar-refractivity contribution is 8.00. The van der Waals surface area contributed by atoms with Crippen LogP contribution in [0.1, 0.15) is 32.6 Å². The van der Waals surface area contributed by atoms with Crippen molar-refractivity contribution in [2.45, 2.75) is 44.1 Å². The van der Waals surface area contributed by atoms with Gasteiger partial charge in [-0.3, -0.25) is 4.79 Å². The average Bonchev–Trinajstić information content (AvgIpc) is 2.30. The molecule has 1 N–H and O–H groups in total. The molecule has 0 bridgehead atoms. The summed E-state index contributed by atoms with van der Waals surface area (Å²) in [6.45, 7) is 3.24. The number of rotatable bonds is 7. The predicted molar refractivity (Wildman–Crippen MR) is 63.7 cm³/mol. The monoisotopic (exact) mass is 248 g/mol. The quantitative estimate of drug-likeness (QED) is 0.699. The Morgan fingerprint density at radius 2 is 2.44 bits per heavy atom. The third-order valence-electron chi connectivity index (χ3n) is 2.49. The van der Waals surface area contributed by atoms with Gasteiger partial charge in [0.25, 0.3) is 0 Å². The van der Waals surface area contributed by atoms with E-state index in [1.165, 1.54) is 11.8 Å². The largest absolute Gasteiger partial charge is 0.480 e. The molecule has 1 fully saturated rings. The van der Waals surface area contributed by atoms with Gasteiger partial charge in [0.1, 0.15) is 5.25 Å². The molecule has 94 valence electrons. The second-order valence-corrected chi connectivity index (χ2v) is 5.08. The summed E-state index contributed by atoms with van der Waals surface area (Å²) >= 11 is 1.44. The van der Waals surface area contributed by atoms with Gasteiger partial charge in [-0.2, -0.15) is 0 Å². The highest BCUT2D eigenvalue weighted by atomic mass is 32.2. The van der Waals surface area contributed by atoms with Gasteiger partial charge in [0, 0.05) is 12.4 Å². The maximum atomic E-state index is 10.7. The van der Waals surface area contributed by atoms with E-state index in [1.807, 2.05) is 6.92 Å². The number of carbonyl (C=O) groups is 1. The SMILES string of the molecule is CCC(SCCOC1CCCCO1)C(=O)O. The zero-order valence-electron chi connectivity index (χ0n) is 9.68. The molecular weight excluding hydrogens is 228 g/mol. The molecule has 0 aliphatic carbocycles. The fraction of sp³-hybridized carbons (Fsp3) is 0.909. The molecule has 4 nitrogen and oxygen atoms in total. The Morgan fingerprint density at radius 3 is 3.00 bits per heavy atom. The zero-order valence-corrected chi connectivity index (χ0v) is 10.5. The van der Waals surface area contributed by atoms with E-state index in [4.69, 9.17) is 14.6 Å². The average molecular weight is 248 g/mol. The van der Waals surface area contributed by atoms with Crippen LogP contribution in [0, 0.1) is 0 Å². The maximum absolute atomic E-state index is 10.7. The second-order valence-electron chi connectivity index (χ2n) is 3.77. The Kier molecular flexibility index (Phi) is 6.84. The molecule has 1 aliphatic rings. The molecule has 1 heterocycles. The molecule has 1 rings (SSSR count). The Labute approximate surface area is 101 Å². The molecular formula is C11H20O4S. The third-order valence-corrected chi connectivity index (χ3v) is 3.83. The minimum atomic E-state index is -0.735. The highest BCUT2D eigenvalue weighted by Gasteiger charge is 2.16. The van der Waals surface area contributed by atoms with Crippen LogP contribution in [-0.4, -0.2) is 41.6 Å². The van der Waals surface area contributed by atoms with Gasteiger partial charge < -0.3 is 14.6 Å². The van der Waals surface area contributed by atoms with Crippen molar-refractivity contribution < 1.29 is 19.4 Å². The predicted octanol–water partition coefficient (Wildman–Crippen LogP) is 2.13. The van der Waals surface area contributed by atoms with E-state index in [-0.39, 0.29) is 11.5 Å². The van der Waals surface area contributed by atoms with Gasteiger partial charge >= 0.3 is 5.97 Å². The zero-order chi connectivity index (χ0) is 11.8. The summed E-state index contributed by atoms with van der Waals surface area (Å²) in [6, 6.07) is 0.